The first kappa shape index (κ1) is 15.4. The summed E-state index contributed by atoms with van der Waals surface area (Å²) in [6.45, 7) is 3.91. The lowest BCUT2D eigenvalue weighted by Crippen LogP contribution is -2.27. The number of rotatable bonds is 4. The van der Waals surface area contributed by atoms with E-state index >= 15 is 0 Å². The van der Waals surface area contributed by atoms with Crippen molar-refractivity contribution in [2.45, 2.75) is 19.9 Å². The Bertz CT molecular complexity index is 797. The molecule has 0 spiro atoms. The number of aryl methyl sites for hydroxylation is 1. The van der Waals surface area contributed by atoms with Crippen LogP contribution in [0.2, 0.25) is 0 Å². The zero-order valence-electron chi connectivity index (χ0n) is 13.1. The highest BCUT2D eigenvalue weighted by Crippen LogP contribution is 2.30. The summed E-state index contributed by atoms with van der Waals surface area (Å²) in [6, 6.07) is 19.8. The molecule has 0 aliphatic rings. The van der Waals surface area contributed by atoms with E-state index in [1.165, 1.54) is 0 Å². The molecule has 3 nitrogen and oxygen atoms in total. The molecule has 116 valence electrons. The predicted molar refractivity (Wildman–Crippen MR) is 94.6 cm³/mol. The normalized spacial score (nSPS) is 11.9. The molecule has 1 aromatic heterocycles. The maximum atomic E-state index is 12.7. The molecule has 4 heteroatoms. The van der Waals surface area contributed by atoms with Crippen molar-refractivity contribution in [1.29, 1.82) is 0 Å². The first-order valence-electron chi connectivity index (χ1n) is 7.54. The van der Waals surface area contributed by atoms with Crippen LogP contribution in [0.15, 0.2) is 60.7 Å². The second-order valence-electron chi connectivity index (χ2n) is 5.38. The lowest BCUT2D eigenvalue weighted by Gasteiger charge is -2.14. The van der Waals surface area contributed by atoms with E-state index in [2.05, 4.69) is 10.3 Å². The molecule has 1 unspecified atom stereocenters. The smallest absolute Gasteiger partial charge is 0.271 e. The molecule has 2 aromatic carbocycles. The highest BCUT2D eigenvalue weighted by molar-refractivity contribution is 7.15. The minimum Gasteiger partial charge on any atom is -0.344 e. The molecule has 0 radical (unpaired) electrons. The molecular formula is C19H18N2OS. The number of hydrogen-bond acceptors (Lipinski definition) is 3. The van der Waals surface area contributed by atoms with E-state index in [4.69, 9.17) is 0 Å². The lowest BCUT2D eigenvalue weighted by molar-refractivity contribution is 0.0936. The number of carbonyl (C=O) groups is 1. The van der Waals surface area contributed by atoms with E-state index in [0.717, 1.165) is 21.0 Å². The van der Waals surface area contributed by atoms with Crippen molar-refractivity contribution in [2.75, 3.05) is 0 Å². The van der Waals surface area contributed by atoms with Gasteiger partial charge >= 0.3 is 0 Å². The molecule has 23 heavy (non-hydrogen) atoms. The van der Waals surface area contributed by atoms with Gasteiger partial charge in [0.2, 0.25) is 0 Å². The van der Waals surface area contributed by atoms with Crippen molar-refractivity contribution in [3.63, 3.8) is 0 Å². The van der Waals surface area contributed by atoms with Crippen LogP contribution in [0.3, 0.4) is 0 Å². The Balaban J connectivity index is 1.86. The van der Waals surface area contributed by atoms with Gasteiger partial charge in [-0.25, -0.2) is 4.98 Å². The fourth-order valence-corrected chi connectivity index (χ4v) is 3.38. The number of carbonyl (C=O) groups excluding carboxylic acids is 1. The Kier molecular flexibility index (Phi) is 4.53. The van der Waals surface area contributed by atoms with Crippen LogP contribution in [0, 0.1) is 6.92 Å². The summed E-state index contributed by atoms with van der Waals surface area (Å²) in [5.74, 6) is -0.135. The molecule has 3 aromatic rings. The third-order valence-electron chi connectivity index (χ3n) is 3.63. The Hall–Kier alpha value is -2.46. The van der Waals surface area contributed by atoms with Crippen molar-refractivity contribution < 1.29 is 4.79 Å². The van der Waals surface area contributed by atoms with Gasteiger partial charge in [-0.2, -0.15) is 0 Å². The molecule has 1 heterocycles. The molecular weight excluding hydrogens is 304 g/mol. The van der Waals surface area contributed by atoms with E-state index in [-0.39, 0.29) is 11.9 Å². The van der Waals surface area contributed by atoms with Crippen LogP contribution in [-0.4, -0.2) is 10.9 Å². The van der Waals surface area contributed by atoms with Gasteiger partial charge in [0, 0.05) is 0 Å². The quantitative estimate of drug-likeness (QED) is 0.762. The van der Waals surface area contributed by atoms with Crippen LogP contribution in [0.1, 0.15) is 34.0 Å². The summed E-state index contributed by atoms with van der Waals surface area (Å²) in [5.41, 5.74) is 2.60. The molecule has 1 atom stereocenters. The first-order chi connectivity index (χ1) is 11.1. The molecule has 0 aliphatic carbocycles. The van der Waals surface area contributed by atoms with Gasteiger partial charge in [0.1, 0.15) is 5.69 Å². The summed E-state index contributed by atoms with van der Waals surface area (Å²) in [4.78, 5) is 18.0. The minimum absolute atomic E-state index is 0.0608. The minimum atomic E-state index is -0.135. The topological polar surface area (TPSA) is 42.0 Å². The summed E-state index contributed by atoms with van der Waals surface area (Å²) in [5, 5.41) is 3.93. The van der Waals surface area contributed by atoms with Crippen LogP contribution in [-0.2, 0) is 0 Å². The summed E-state index contributed by atoms with van der Waals surface area (Å²) in [6.07, 6.45) is 0. The molecule has 0 bridgehead atoms. The zero-order valence-corrected chi connectivity index (χ0v) is 13.9. The van der Waals surface area contributed by atoms with E-state index < -0.39 is 0 Å². The number of thiazole rings is 1. The molecule has 0 fully saturated rings. The van der Waals surface area contributed by atoms with E-state index in [1.807, 2.05) is 74.5 Å². The van der Waals surface area contributed by atoms with Crippen LogP contribution in [0.4, 0.5) is 0 Å². The number of hydrogen-bond donors (Lipinski definition) is 1. The van der Waals surface area contributed by atoms with Gasteiger partial charge in [-0.3, -0.25) is 4.79 Å². The first-order valence-corrected chi connectivity index (χ1v) is 8.35. The molecule has 1 amide bonds. The van der Waals surface area contributed by atoms with Crippen molar-refractivity contribution in [3.05, 3.63) is 76.9 Å². The van der Waals surface area contributed by atoms with Crippen molar-refractivity contribution >= 4 is 17.2 Å². The second-order valence-corrected chi connectivity index (χ2v) is 6.59. The summed E-state index contributed by atoms with van der Waals surface area (Å²) < 4.78 is 0. The fraction of sp³-hybridized carbons (Fsp3) is 0.158. The molecule has 3 rings (SSSR count). The van der Waals surface area contributed by atoms with E-state index in [0.29, 0.717) is 5.69 Å². The van der Waals surface area contributed by atoms with Crippen LogP contribution in [0.5, 0.6) is 0 Å². The summed E-state index contributed by atoms with van der Waals surface area (Å²) >= 11 is 1.55. The van der Waals surface area contributed by atoms with Crippen molar-refractivity contribution in [1.82, 2.24) is 10.3 Å². The zero-order chi connectivity index (χ0) is 16.2. The fourth-order valence-electron chi connectivity index (χ4n) is 2.46. The standard InChI is InChI=1S/C19H18N2OS/c1-13(15-9-5-3-6-10-15)20-19(22)17-18(23-14(2)21-17)16-11-7-4-8-12-16/h3-13H,1-2H3,(H,20,22). The van der Waals surface area contributed by atoms with Crippen LogP contribution >= 0.6 is 11.3 Å². The van der Waals surface area contributed by atoms with Crippen molar-refractivity contribution in [2.24, 2.45) is 0 Å². The van der Waals surface area contributed by atoms with E-state index in [9.17, 15) is 4.79 Å². The van der Waals surface area contributed by atoms with Gasteiger partial charge in [0.15, 0.2) is 0 Å². The Labute approximate surface area is 140 Å². The van der Waals surface area contributed by atoms with Gasteiger partial charge in [0.05, 0.1) is 15.9 Å². The van der Waals surface area contributed by atoms with Gasteiger partial charge < -0.3 is 5.32 Å². The number of aromatic nitrogens is 1. The molecule has 1 N–H and O–H groups in total. The number of nitrogens with one attached hydrogen (secondary N) is 1. The molecule has 0 saturated carbocycles. The van der Waals surface area contributed by atoms with Gasteiger partial charge in [-0.05, 0) is 25.0 Å². The number of nitrogens with zero attached hydrogens (tertiary/aromatic N) is 1. The Morgan fingerprint density at radius 3 is 2.30 bits per heavy atom. The van der Waals surface area contributed by atoms with Crippen LogP contribution in [0.25, 0.3) is 10.4 Å². The average Bonchev–Trinajstić information content (AvgIpc) is 2.98. The second kappa shape index (κ2) is 6.75. The lowest BCUT2D eigenvalue weighted by atomic mass is 10.1. The Morgan fingerprint density at radius 2 is 1.65 bits per heavy atom. The molecule has 0 saturated heterocycles. The van der Waals surface area contributed by atoms with E-state index in [1.54, 1.807) is 11.3 Å². The largest absolute Gasteiger partial charge is 0.344 e. The van der Waals surface area contributed by atoms with Gasteiger partial charge in [-0.15, -0.1) is 11.3 Å². The number of benzene rings is 2. The monoisotopic (exact) mass is 322 g/mol. The maximum absolute atomic E-state index is 12.7. The predicted octanol–water partition coefficient (Wildman–Crippen LogP) is 4.61. The highest BCUT2D eigenvalue weighted by Gasteiger charge is 2.20. The maximum Gasteiger partial charge on any atom is 0.271 e. The van der Waals surface area contributed by atoms with Gasteiger partial charge in [0.25, 0.3) is 5.91 Å². The third-order valence-corrected chi connectivity index (χ3v) is 4.65. The van der Waals surface area contributed by atoms with Gasteiger partial charge in [-0.1, -0.05) is 60.7 Å². The van der Waals surface area contributed by atoms with Crippen molar-refractivity contribution in [3.8, 4) is 10.4 Å². The van der Waals surface area contributed by atoms with Crippen LogP contribution < -0.4 is 5.32 Å². The molecule has 0 aliphatic heterocycles. The highest BCUT2D eigenvalue weighted by atomic mass is 32.1. The third kappa shape index (κ3) is 3.48. The number of amides is 1. The summed E-state index contributed by atoms with van der Waals surface area (Å²) in [7, 11) is 0. The Morgan fingerprint density at radius 1 is 1.04 bits per heavy atom. The average molecular weight is 322 g/mol. The SMILES string of the molecule is Cc1nc(C(=O)NC(C)c2ccccc2)c(-c2ccccc2)s1.